The van der Waals surface area contributed by atoms with E-state index in [1.807, 2.05) is 66.8 Å². The molecule has 0 aliphatic heterocycles. The number of rotatable bonds is 5. The van der Waals surface area contributed by atoms with E-state index in [0.29, 0.717) is 0 Å². The smallest absolute Gasteiger partial charge is 0.235 e. The van der Waals surface area contributed by atoms with Gasteiger partial charge in [-0.25, -0.2) is 4.98 Å². The molecule has 4 aromatic carbocycles. The second-order valence-electron chi connectivity index (χ2n) is 8.71. The summed E-state index contributed by atoms with van der Waals surface area (Å²) < 4.78 is 15.3. The van der Waals surface area contributed by atoms with Crippen molar-refractivity contribution in [1.29, 1.82) is 0 Å². The van der Waals surface area contributed by atoms with Crippen LogP contribution in [0.3, 0.4) is 0 Å². The Morgan fingerprint density at radius 2 is 1.32 bits per heavy atom. The van der Waals surface area contributed by atoms with Gasteiger partial charge in [-0.05, 0) is 55.0 Å². The first-order valence-corrected chi connectivity index (χ1v) is 15.3. The number of para-hydroxylation sites is 2. The second kappa shape index (κ2) is 15.9. The molecule has 0 aliphatic carbocycles. The molecule has 0 saturated heterocycles. The monoisotopic (exact) mass is 698 g/mol. The van der Waals surface area contributed by atoms with E-state index in [9.17, 15) is 0 Å². The number of hydrogen-bond donors (Lipinski definition) is 0. The molecule has 0 N–H and O–H groups in total. The molecule has 8 heteroatoms. The Balaban J connectivity index is 0.000000178. The molecule has 4 nitrogen and oxygen atoms in total. The summed E-state index contributed by atoms with van der Waals surface area (Å²) in [5, 5.41) is 3.34. The van der Waals surface area contributed by atoms with Crippen molar-refractivity contribution in [3.8, 4) is 11.5 Å². The molecule has 6 rings (SSSR count). The molecular weight excluding hydrogens is 668 g/mol. The maximum Gasteiger partial charge on any atom is 0.235 e. The molecule has 0 saturated carbocycles. The third-order valence-electron chi connectivity index (χ3n) is 5.96. The fourth-order valence-corrected chi connectivity index (χ4v) is 6.24. The molecule has 0 atom stereocenters. The maximum atomic E-state index is 5.29. The zero-order chi connectivity index (χ0) is 27.6. The molecule has 40 heavy (non-hydrogen) atoms. The number of aromatic nitrogens is 2. The summed E-state index contributed by atoms with van der Waals surface area (Å²) in [7, 11) is 3.38. The Morgan fingerprint density at radius 1 is 0.725 bits per heavy atom. The molecule has 2 heterocycles. The van der Waals surface area contributed by atoms with Gasteiger partial charge < -0.3 is 26.5 Å². The Morgan fingerprint density at radius 3 is 1.98 bits per heavy atom. The van der Waals surface area contributed by atoms with Crippen molar-refractivity contribution < 1.29 is 31.0 Å². The number of methoxy groups -OCH3 is 2. The van der Waals surface area contributed by atoms with E-state index in [1.165, 1.54) is 31.1 Å². The Bertz CT molecular complexity index is 1600. The zero-order valence-electron chi connectivity index (χ0n) is 22.9. The van der Waals surface area contributed by atoms with E-state index in [-0.39, 0.29) is 17.0 Å². The van der Waals surface area contributed by atoms with Gasteiger partial charge in [-0.15, -0.1) is 11.3 Å². The number of ether oxygens (including phenoxy) is 2. The molecule has 0 fully saturated rings. The van der Waals surface area contributed by atoms with E-state index in [0.717, 1.165) is 33.9 Å². The zero-order valence-corrected chi connectivity index (χ0v) is 27.7. The highest BCUT2D eigenvalue weighted by Crippen LogP contribution is 2.21. The Hall–Kier alpha value is -2.78. The number of alkyl halides is 1. The first kappa shape index (κ1) is 31.7. The predicted octanol–water partition coefficient (Wildman–Crippen LogP) is 5.75. The third kappa shape index (κ3) is 8.61. The molecule has 208 valence electrons. The van der Waals surface area contributed by atoms with Crippen LogP contribution < -0.4 is 31.0 Å². The van der Waals surface area contributed by atoms with Crippen molar-refractivity contribution in [3.05, 3.63) is 118 Å². The minimum absolute atomic E-state index is 0. The van der Waals surface area contributed by atoms with Gasteiger partial charge in [0.15, 0.2) is 6.54 Å². The lowest BCUT2D eigenvalue weighted by Crippen LogP contribution is -3.00. The van der Waals surface area contributed by atoms with E-state index in [1.54, 1.807) is 25.6 Å². The van der Waals surface area contributed by atoms with Gasteiger partial charge in [0, 0.05) is 23.9 Å². The van der Waals surface area contributed by atoms with Crippen LogP contribution in [0.15, 0.2) is 97.1 Å². The standard InChI is InChI=1S/C16H16NOS.C8H9BrO.C8H7NS.BrH/c1-12-17(15-8-3-4-9-16(15)19-12)11-13-6-5-7-14(10-13)18-2;1-10-8-4-2-3-7(5-8)6-9;1-6-9-7-4-2-3-5-8(7)10-6;/h3-10H,11H2,1-2H3;2-5H,6H2,1H3;2-5H,1H3;1H/q+1;;;/p-1. The average molecular weight is 701 g/mol. The van der Waals surface area contributed by atoms with Gasteiger partial charge in [0.2, 0.25) is 10.5 Å². The number of benzene rings is 4. The molecule has 0 radical (unpaired) electrons. The Kier molecular flexibility index (Phi) is 12.6. The summed E-state index contributed by atoms with van der Waals surface area (Å²) in [6.07, 6.45) is 0. The molecule has 0 bridgehead atoms. The van der Waals surface area contributed by atoms with Crippen molar-refractivity contribution in [2.45, 2.75) is 25.7 Å². The van der Waals surface area contributed by atoms with Crippen LogP contribution in [0.2, 0.25) is 0 Å². The van der Waals surface area contributed by atoms with Gasteiger partial charge in [0.25, 0.3) is 0 Å². The molecule has 2 aromatic heterocycles. The lowest BCUT2D eigenvalue weighted by molar-refractivity contribution is -0.664. The van der Waals surface area contributed by atoms with E-state index < -0.39 is 0 Å². The molecule has 0 aliphatic rings. The number of hydrogen-bond acceptors (Lipinski definition) is 5. The SMILES string of the molecule is COc1cccc(CBr)c1.COc1cccc(C[n+]2c(C)sc3ccccc32)c1.Cc1nc2ccccc2s1.[Br-]. The largest absolute Gasteiger partial charge is 1.00 e. The second-order valence-corrected chi connectivity index (χ2v) is 11.7. The van der Waals surface area contributed by atoms with E-state index in [2.05, 4.69) is 80.9 Å². The fraction of sp³-hybridized carbons (Fsp3) is 0.188. The summed E-state index contributed by atoms with van der Waals surface area (Å²) in [5.74, 6) is 1.83. The van der Waals surface area contributed by atoms with Crippen LogP contribution in [0, 0.1) is 13.8 Å². The average Bonchev–Trinajstić information content (AvgIpc) is 3.51. The summed E-state index contributed by atoms with van der Waals surface area (Å²) >= 11 is 6.95. The summed E-state index contributed by atoms with van der Waals surface area (Å²) in [5.41, 5.74) is 4.91. The number of fused-ring (bicyclic) bond motifs is 2. The van der Waals surface area contributed by atoms with Gasteiger partial charge in [-0.2, -0.15) is 4.57 Å². The predicted molar refractivity (Wildman–Crippen MR) is 169 cm³/mol. The minimum Gasteiger partial charge on any atom is -1.00 e. The molecular formula is C32H32Br2N2O2S2. The van der Waals surface area contributed by atoms with E-state index >= 15 is 0 Å². The minimum atomic E-state index is 0. The highest BCUT2D eigenvalue weighted by molar-refractivity contribution is 9.08. The van der Waals surface area contributed by atoms with Crippen LogP contribution in [-0.2, 0) is 11.9 Å². The first-order chi connectivity index (χ1) is 19.0. The van der Waals surface area contributed by atoms with E-state index in [4.69, 9.17) is 9.47 Å². The summed E-state index contributed by atoms with van der Waals surface area (Å²) in [4.78, 5) is 4.33. The molecule has 0 unspecified atom stereocenters. The van der Waals surface area contributed by atoms with Crippen molar-refractivity contribution in [1.82, 2.24) is 4.98 Å². The highest BCUT2D eigenvalue weighted by Gasteiger charge is 2.16. The lowest BCUT2D eigenvalue weighted by atomic mass is 10.2. The fourth-order valence-electron chi connectivity index (χ4n) is 4.04. The Labute approximate surface area is 263 Å². The third-order valence-corrected chi connectivity index (χ3v) is 8.64. The van der Waals surface area contributed by atoms with Crippen LogP contribution >= 0.6 is 38.6 Å². The van der Waals surface area contributed by atoms with Crippen molar-refractivity contribution >= 4 is 59.0 Å². The normalized spacial score (nSPS) is 10.1. The number of thiazole rings is 2. The summed E-state index contributed by atoms with van der Waals surface area (Å²) in [6, 6.07) is 33.0. The molecule has 6 aromatic rings. The number of aryl methyl sites for hydroxylation is 2. The first-order valence-electron chi connectivity index (χ1n) is 12.5. The van der Waals surface area contributed by atoms with Crippen LogP contribution in [0.25, 0.3) is 20.4 Å². The molecule has 0 spiro atoms. The quantitative estimate of drug-likeness (QED) is 0.170. The number of halogens is 2. The maximum absolute atomic E-state index is 5.29. The van der Waals surface area contributed by atoms with Gasteiger partial charge in [0.05, 0.1) is 29.4 Å². The summed E-state index contributed by atoms with van der Waals surface area (Å²) in [6.45, 7) is 5.09. The van der Waals surface area contributed by atoms with Crippen LogP contribution in [0.4, 0.5) is 0 Å². The van der Waals surface area contributed by atoms with Gasteiger partial charge in [0.1, 0.15) is 16.2 Å². The van der Waals surface area contributed by atoms with Gasteiger partial charge in [-0.3, -0.25) is 0 Å². The van der Waals surface area contributed by atoms with Crippen LogP contribution in [0.5, 0.6) is 11.5 Å². The van der Waals surface area contributed by atoms with Crippen LogP contribution in [-0.4, -0.2) is 19.2 Å². The van der Waals surface area contributed by atoms with Gasteiger partial charge >= 0.3 is 0 Å². The van der Waals surface area contributed by atoms with Crippen molar-refractivity contribution in [2.24, 2.45) is 0 Å². The lowest BCUT2D eigenvalue weighted by Gasteiger charge is -2.02. The van der Waals surface area contributed by atoms with Crippen molar-refractivity contribution in [2.75, 3.05) is 14.2 Å². The topological polar surface area (TPSA) is 35.2 Å². The van der Waals surface area contributed by atoms with Crippen molar-refractivity contribution in [3.63, 3.8) is 0 Å². The van der Waals surface area contributed by atoms with Gasteiger partial charge in [-0.1, -0.05) is 75.8 Å². The van der Waals surface area contributed by atoms with Crippen LogP contribution in [0.1, 0.15) is 21.1 Å². The highest BCUT2D eigenvalue weighted by atomic mass is 79.9. The molecule has 0 amide bonds. The number of nitrogens with zero attached hydrogens (tertiary/aromatic N) is 2.